The maximum Gasteiger partial charge on any atom is 0.362 e. The van der Waals surface area contributed by atoms with Crippen molar-refractivity contribution in [3.8, 4) is 0 Å². The monoisotopic (exact) mass is 286 g/mol. The van der Waals surface area contributed by atoms with E-state index in [9.17, 15) is 8.42 Å². The van der Waals surface area contributed by atoms with Crippen molar-refractivity contribution in [1.82, 2.24) is 0 Å². The fourth-order valence-corrected chi connectivity index (χ4v) is 2.04. The van der Waals surface area contributed by atoms with Gasteiger partial charge in [0.15, 0.2) is 0 Å². The summed E-state index contributed by atoms with van der Waals surface area (Å²) in [5, 5.41) is 0. The Morgan fingerprint density at radius 1 is 0.800 bits per heavy atom. The van der Waals surface area contributed by atoms with E-state index in [0.29, 0.717) is 11.1 Å². The topological polar surface area (TPSA) is 58.9 Å². The predicted molar refractivity (Wildman–Crippen MR) is 81.7 cm³/mol. The van der Waals surface area contributed by atoms with E-state index in [1.807, 2.05) is 37.3 Å². The molecular formula is C15H14N2O2S. The minimum absolute atomic E-state index is 0.710. The number of aryl methyl sites for hydroxylation is 1. The van der Waals surface area contributed by atoms with Gasteiger partial charge in [-0.3, -0.25) is 0 Å². The third-order valence-electron chi connectivity index (χ3n) is 2.55. The number of nitrogens with zero attached hydrogens (tertiary/aromatic N) is 2. The fraction of sp³-hybridized carbons (Fsp3) is 0.0667. The summed E-state index contributed by atoms with van der Waals surface area (Å²) in [4.78, 5) is 0. The Balaban J connectivity index is 2.11. The molecule has 102 valence electrons. The van der Waals surface area contributed by atoms with Gasteiger partial charge in [-0.2, -0.15) is 17.2 Å². The van der Waals surface area contributed by atoms with E-state index < -0.39 is 10.2 Å². The first-order chi connectivity index (χ1) is 9.55. The summed E-state index contributed by atoms with van der Waals surface area (Å²) in [5.41, 5.74) is 2.53. The number of rotatable bonds is 4. The molecule has 0 unspecified atom stereocenters. The van der Waals surface area contributed by atoms with E-state index >= 15 is 0 Å². The molecule has 2 aromatic rings. The maximum atomic E-state index is 11.6. The van der Waals surface area contributed by atoms with Crippen LogP contribution in [0.15, 0.2) is 63.4 Å². The molecule has 0 amide bonds. The molecule has 0 N–H and O–H groups in total. The molecule has 0 saturated heterocycles. The van der Waals surface area contributed by atoms with Crippen LogP contribution in [0.5, 0.6) is 0 Å². The number of hydrogen-bond donors (Lipinski definition) is 0. The van der Waals surface area contributed by atoms with Gasteiger partial charge in [0.2, 0.25) is 0 Å². The summed E-state index contributed by atoms with van der Waals surface area (Å²) in [6, 6.07) is 16.4. The largest absolute Gasteiger partial charge is 0.362 e. The first-order valence-electron chi connectivity index (χ1n) is 6.02. The van der Waals surface area contributed by atoms with Crippen LogP contribution in [-0.2, 0) is 10.2 Å². The summed E-state index contributed by atoms with van der Waals surface area (Å²) in [5.74, 6) is 0. The smallest absolute Gasteiger partial charge is 0.179 e. The summed E-state index contributed by atoms with van der Waals surface area (Å²) >= 11 is 0. The van der Waals surface area contributed by atoms with Crippen molar-refractivity contribution < 1.29 is 8.42 Å². The molecule has 0 spiro atoms. The van der Waals surface area contributed by atoms with E-state index in [-0.39, 0.29) is 0 Å². The molecule has 5 heteroatoms. The lowest BCUT2D eigenvalue weighted by Gasteiger charge is -1.94. The van der Waals surface area contributed by atoms with Crippen LogP contribution in [0.1, 0.15) is 16.7 Å². The lowest BCUT2D eigenvalue weighted by molar-refractivity contribution is 0.600. The van der Waals surface area contributed by atoms with Crippen LogP contribution in [0.25, 0.3) is 0 Å². The SMILES string of the molecule is Cc1ccc(/C=N/S(=O)(=O)/N=C/c2ccccc2)cc1. The molecule has 2 rings (SSSR count). The summed E-state index contributed by atoms with van der Waals surface area (Å²) in [6.45, 7) is 1.96. The van der Waals surface area contributed by atoms with E-state index in [0.717, 1.165) is 5.56 Å². The van der Waals surface area contributed by atoms with Gasteiger partial charge in [0.25, 0.3) is 0 Å². The molecule has 2 aromatic carbocycles. The molecular weight excluding hydrogens is 272 g/mol. The van der Waals surface area contributed by atoms with Crippen LogP contribution in [0.4, 0.5) is 0 Å². The second kappa shape index (κ2) is 6.25. The standard InChI is InChI=1S/C15H14N2O2S/c1-13-7-9-15(10-8-13)12-17-20(18,19)16-11-14-5-3-2-4-6-14/h2-12H,1H3/b16-11+,17-12+. The molecule has 4 nitrogen and oxygen atoms in total. The van der Waals surface area contributed by atoms with Crippen molar-refractivity contribution in [2.45, 2.75) is 6.92 Å². The van der Waals surface area contributed by atoms with Gasteiger partial charge in [0, 0.05) is 12.4 Å². The average Bonchev–Trinajstić information content (AvgIpc) is 2.46. The van der Waals surface area contributed by atoms with Crippen molar-refractivity contribution in [2.24, 2.45) is 8.80 Å². The number of benzene rings is 2. The van der Waals surface area contributed by atoms with E-state index in [4.69, 9.17) is 0 Å². The van der Waals surface area contributed by atoms with Gasteiger partial charge >= 0.3 is 10.2 Å². The highest BCUT2D eigenvalue weighted by Gasteiger charge is 2.01. The average molecular weight is 286 g/mol. The van der Waals surface area contributed by atoms with Crippen molar-refractivity contribution in [3.63, 3.8) is 0 Å². The first-order valence-corrected chi connectivity index (χ1v) is 7.42. The quantitative estimate of drug-likeness (QED) is 0.811. The van der Waals surface area contributed by atoms with Gasteiger partial charge in [0.1, 0.15) is 0 Å². The van der Waals surface area contributed by atoms with E-state index in [2.05, 4.69) is 8.80 Å². The predicted octanol–water partition coefficient (Wildman–Crippen LogP) is 2.78. The van der Waals surface area contributed by atoms with E-state index in [1.54, 1.807) is 24.3 Å². The van der Waals surface area contributed by atoms with Gasteiger partial charge in [-0.05, 0) is 18.1 Å². The molecule has 0 bridgehead atoms. The van der Waals surface area contributed by atoms with Crippen molar-refractivity contribution >= 4 is 22.6 Å². The molecule has 0 aliphatic rings. The maximum absolute atomic E-state index is 11.6. The van der Waals surface area contributed by atoms with E-state index in [1.165, 1.54) is 12.4 Å². The molecule has 0 aliphatic heterocycles. The summed E-state index contributed by atoms with van der Waals surface area (Å²) in [7, 11) is -3.85. The highest BCUT2D eigenvalue weighted by molar-refractivity contribution is 7.89. The number of hydrogen-bond acceptors (Lipinski definition) is 2. The highest BCUT2D eigenvalue weighted by Crippen LogP contribution is 2.03. The second-order valence-electron chi connectivity index (χ2n) is 4.24. The van der Waals surface area contributed by atoms with Crippen LogP contribution in [-0.4, -0.2) is 20.8 Å². The van der Waals surface area contributed by atoms with Crippen molar-refractivity contribution in [2.75, 3.05) is 0 Å². The lowest BCUT2D eigenvalue weighted by Crippen LogP contribution is -1.93. The molecule has 20 heavy (non-hydrogen) atoms. The van der Waals surface area contributed by atoms with Crippen LogP contribution in [0.2, 0.25) is 0 Å². The normalized spacial score (nSPS) is 12.2. The summed E-state index contributed by atoms with van der Waals surface area (Å²) in [6.07, 6.45) is 2.57. The molecule has 0 aliphatic carbocycles. The van der Waals surface area contributed by atoms with Crippen molar-refractivity contribution in [1.29, 1.82) is 0 Å². The van der Waals surface area contributed by atoms with Gasteiger partial charge in [-0.1, -0.05) is 60.2 Å². The van der Waals surface area contributed by atoms with Gasteiger partial charge in [0.05, 0.1) is 0 Å². The molecule has 0 atom stereocenters. The Labute approximate surface area is 118 Å². The molecule has 0 radical (unpaired) electrons. The second-order valence-corrected chi connectivity index (χ2v) is 5.56. The van der Waals surface area contributed by atoms with Crippen LogP contribution in [0.3, 0.4) is 0 Å². The summed E-state index contributed by atoms with van der Waals surface area (Å²) < 4.78 is 30.3. The zero-order chi connectivity index (χ0) is 14.4. The fourth-order valence-electron chi connectivity index (χ4n) is 1.47. The van der Waals surface area contributed by atoms with Gasteiger partial charge in [-0.25, -0.2) is 0 Å². The Bertz CT molecular complexity index is 718. The third-order valence-corrected chi connectivity index (χ3v) is 3.29. The molecule has 0 saturated carbocycles. The van der Waals surface area contributed by atoms with Crippen LogP contribution < -0.4 is 0 Å². The third kappa shape index (κ3) is 4.44. The van der Waals surface area contributed by atoms with Crippen LogP contribution >= 0.6 is 0 Å². The zero-order valence-corrected chi connectivity index (χ0v) is 11.8. The molecule has 0 heterocycles. The minimum atomic E-state index is -3.85. The zero-order valence-electron chi connectivity index (χ0n) is 11.0. The van der Waals surface area contributed by atoms with Crippen LogP contribution in [0, 0.1) is 6.92 Å². The Hall–Kier alpha value is -2.27. The Morgan fingerprint density at radius 3 is 1.85 bits per heavy atom. The first kappa shape index (κ1) is 14.1. The Morgan fingerprint density at radius 2 is 1.30 bits per heavy atom. The van der Waals surface area contributed by atoms with Gasteiger partial charge in [-0.15, -0.1) is 0 Å². The minimum Gasteiger partial charge on any atom is -0.179 e. The molecule has 0 aromatic heterocycles. The Kier molecular flexibility index (Phi) is 4.42. The van der Waals surface area contributed by atoms with Crippen molar-refractivity contribution in [3.05, 3.63) is 71.3 Å². The van der Waals surface area contributed by atoms with Gasteiger partial charge < -0.3 is 0 Å². The molecule has 0 fully saturated rings. The highest BCUT2D eigenvalue weighted by atomic mass is 32.2. The lowest BCUT2D eigenvalue weighted by atomic mass is 10.2.